The van der Waals surface area contributed by atoms with Crippen LogP contribution in [0.25, 0.3) is 0 Å². The van der Waals surface area contributed by atoms with Gasteiger partial charge in [0.1, 0.15) is 5.75 Å². The van der Waals surface area contributed by atoms with Crippen molar-refractivity contribution < 1.29 is 29.0 Å². The lowest BCUT2D eigenvalue weighted by Crippen LogP contribution is -2.21. The molecule has 0 atom stereocenters. The molecule has 24 heavy (non-hydrogen) atoms. The van der Waals surface area contributed by atoms with Gasteiger partial charge in [-0.05, 0) is 30.5 Å². The predicted molar refractivity (Wildman–Crippen MR) is 88.3 cm³/mol. The third kappa shape index (κ3) is 6.02. The maximum absolute atomic E-state index is 12.5. The van der Waals surface area contributed by atoms with Crippen molar-refractivity contribution in [3.8, 4) is 5.75 Å². The highest BCUT2D eigenvalue weighted by atomic mass is 16.5. The Balaban J connectivity index is 2.97. The molecule has 0 aliphatic carbocycles. The number of carbonyl (C=O) groups is 3. The highest BCUT2D eigenvalue weighted by molar-refractivity contribution is 5.97. The third-order valence-electron chi connectivity index (χ3n) is 3.51. The molecule has 0 aliphatic heterocycles. The van der Waals surface area contributed by atoms with Crippen LogP contribution in [0.1, 0.15) is 49.5 Å². The number of rotatable bonds is 9. The maximum Gasteiger partial charge on any atom is 0.310 e. The fourth-order valence-corrected chi connectivity index (χ4v) is 2.47. The van der Waals surface area contributed by atoms with Gasteiger partial charge in [-0.3, -0.25) is 14.4 Å². The van der Waals surface area contributed by atoms with Crippen molar-refractivity contribution in [1.29, 1.82) is 0 Å². The summed E-state index contributed by atoms with van der Waals surface area (Å²) in [5.74, 6) is -1.00. The number of ether oxygens (including phenoxy) is 2. The van der Waals surface area contributed by atoms with Crippen LogP contribution in [0, 0.1) is 5.41 Å². The van der Waals surface area contributed by atoms with E-state index >= 15 is 0 Å². The molecule has 0 amide bonds. The highest BCUT2D eigenvalue weighted by Crippen LogP contribution is 2.28. The summed E-state index contributed by atoms with van der Waals surface area (Å²) in [4.78, 5) is 35.0. The van der Waals surface area contributed by atoms with Gasteiger partial charge in [0.05, 0.1) is 26.6 Å². The standard InChI is InChI=1S/C18H24O6/c1-5-24-17(22)9-13-8-12(6-7-15(13)23-4)14(19)10-18(2,3)11-16(20)21/h6-8H,5,9-11H2,1-4H3,(H,20,21). The van der Waals surface area contributed by atoms with E-state index in [1.54, 1.807) is 39.0 Å². The van der Waals surface area contributed by atoms with Crippen LogP contribution in [0.3, 0.4) is 0 Å². The van der Waals surface area contributed by atoms with Gasteiger partial charge >= 0.3 is 11.9 Å². The minimum Gasteiger partial charge on any atom is -0.496 e. The fraction of sp³-hybridized carbons (Fsp3) is 0.500. The molecule has 1 aromatic carbocycles. The zero-order valence-corrected chi connectivity index (χ0v) is 14.5. The van der Waals surface area contributed by atoms with Crippen molar-refractivity contribution in [3.05, 3.63) is 29.3 Å². The summed E-state index contributed by atoms with van der Waals surface area (Å²) in [6, 6.07) is 4.85. The molecule has 6 heteroatoms. The van der Waals surface area contributed by atoms with E-state index in [1.165, 1.54) is 7.11 Å². The summed E-state index contributed by atoms with van der Waals surface area (Å²) in [6.07, 6.45) is 0.0195. The molecule has 0 saturated carbocycles. The van der Waals surface area contributed by atoms with Gasteiger partial charge in [0, 0.05) is 17.5 Å². The molecule has 6 nitrogen and oxygen atoms in total. The number of carbonyl (C=O) groups excluding carboxylic acids is 2. The number of esters is 1. The fourth-order valence-electron chi connectivity index (χ4n) is 2.47. The number of aliphatic carboxylic acids is 1. The average Bonchev–Trinajstić information content (AvgIpc) is 2.45. The van der Waals surface area contributed by atoms with E-state index in [1.807, 2.05) is 0 Å². The quantitative estimate of drug-likeness (QED) is 0.551. The first-order valence-corrected chi connectivity index (χ1v) is 7.76. The van der Waals surface area contributed by atoms with E-state index in [-0.39, 0.29) is 31.7 Å². The van der Waals surface area contributed by atoms with Crippen LogP contribution in [0.4, 0.5) is 0 Å². The van der Waals surface area contributed by atoms with E-state index in [0.717, 1.165) is 0 Å². The van der Waals surface area contributed by atoms with Crippen LogP contribution in [-0.2, 0) is 20.7 Å². The van der Waals surface area contributed by atoms with Crippen molar-refractivity contribution in [2.24, 2.45) is 5.41 Å². The van der Waals surface area contributed by atoms with Crippen LogP contribution >= 0.6 is 0 Å². The second-order valence-corrected chi connectivity index (χ2v) is 6.34. The SMILES string of the molecule is CCOC(=O)Cc1cc(C(=O)CC(C)(C)CC(=O)O)ccc1OC. The zero-order valence-electron chi connectivity index (χ0n) is 14.5. The molecule has 0 fully saturated rings. The molecule has 0 radical (unpaired) electrons. The van der Waals surface area contributed by atoms with Crippen LogP contribution in [0.2, 0.25) is 0 Å². The van der Waals surface area contributed by atoms with Crippen molar-refractivity contribution in [2.45, 2.75) is 40.0 Å². The monoisotopic (exact) mass is 336 g/mol. The van der Waals surface area contributed by atoms with Crippen molar-refractivity contribution in [1.82, 2.24) is 0 Å². The summed E-state index contributed by atoms with van der Waals surface area (Å²) in [5, 5.41) is 8.92. The van der Waals surface area contributed by atoms with Gasteiger partial charge in [0.2, 0.25) is 0 Å². The normalized spacial score (nSPS) is 11.0. The molecular formula is C18H24O6. The number of Topliss-reactive ketones (excluding diaryl/α,β-unsaturated/α-hetero) is 1. The Morgan fingerprint density at radius 2 is 1.83 bits per heavy atom. The molecule has 0 unspecified atom stereocenters. The number of methoxy groups -OCH3 is 1. The van der Waals surface area contributed by atoms with Gasteiger partial charge < -0.3 is 14.6 Å². The molecule has 0 spiro atoms. The molecule has 0 aliphatic rings. The van der Waals surface area contributed by atoms with Crippen molar-refractivity contribution in [3.63, 3.8) is 0 Å². The molecule has 1 aromatic rings. The molecule has 0 heterocycles. The molecule has 1 rings (SSSR count). The Morgan fingerprint density at radius 1 is 1.17 bits per heavy atom. The minimum atomic E-state index is -0.939. The van der Waals surface area contributed by atoms with Gasteiger partial charge in [0.25, 0.3) is 0 Å². The molecule has 0 aromatic heterocycles. The third-order valence-corrected chi connectivity index (χ3v) is 3.51. The lowest BCUT2D eigenvalue weighted by atomic mass is 9.82. The van der Waals surface area contributed by atoms with Gasteiger partial charge in [-0.2, -0.15) is 0 Å². The first-order valence-electron chi connectivity index (χ1n) is 7.76. The Morgan fingerprint density at radius 3 is 2.38 bits per heavy atom. The summed E-state index contributed by atoms with van der Waals surface area (Å²) in [7, 11) is 1.49. The van der Waals surface area contributed by atoms with Crippen LogP contribution in [0.15, 0.2) is 18.2 Å². The first-order chi connectivity index (χ1) is 11.2. The Labute approximate surface area is 141 Å². The number of carboxylic acids is 1. The molecule has 132 valence electrons. The van der Waals surface area contributed by atoms with E-state index in [9.17, 15) is 14.4 Å². The molecular weight excluding hydrogens is 312 g/mol. The molecule has 0 bridgehead atoms. The Bertz CT molecular complexity index is 618. The van der Waals surface area contributed by atoms with Gasteiger partial charge in [-0.1, -0.05) is 13.8 Å². The number of hydrogen-bond acceptors (Lipinski definition) is 5. The second kappa shape index (κ2) is 8.47. The predicted octanol–water partition coefficient (Wildman–Crippen LogP) is 2.87. The van der Waals surface area contributed by atoms with Crippen LogP contribution in [-0.4, -0.2) is 36.5 Å². The molecule has 1 N–H and O–H groups in total. The number of hydrogen-bond donors (Lipinski definition) is 1. The summed E-state index contributed by atoms with van der Waals surface area (Å²) >= 11 is 0. The summed E-state index contributed by atoms with van der Waals surface area (Å²) in [6.45, 7) is 5.48. The molecule has 0 saturated heterocycles. The Kier molecular flexibility index (Phi) is 6.95. The number of carboxylic acid groups (broad SMARTS) is 1. The van der Waals surface area contributed by atoms with Gasteiger partial charge in [-0.25, -0.2) is 0 Å². The van der Waals surface area contributed by atoms with E-state index < -0.39 is 17.4 Å². The largest absolute Gasteiger partial charge is 0.496 e. The smallest absolute Gasteiger partial charge is 0.310 e. The summed E-state index contributed by atoms with van der Waals surface area (Å²) < 4.78 is 10.1. The van der Waals surface area contributed by atoms with Crippen LogP contribution < -0.4 is 4.74 Å². The van der Waals surface area contributed by atoms with E-state index in [0.29, 0.717) is 16.9 Å². The van der Waals surface area contributed by atoms with Crippen molar-refractivity contribution in [2.75, 3.05) is 13.7 Å². The summed E-state index contributed by atoms with van der Waals surface area (Å²) in [5.41, 5.74) is 0.343. The van der Waals surface area contributed by atoms with Gasteiger partial charge in [0.15, 0.2) is 5.78 Å². The lowest BCUT2D eigenvalue weighted by molar-refractivity contribution is -0.142. The van der Waals surface area contributed by atoms with E-state index in [2.05, 4.69) is 0 Å². The minimum absolute atomic E-state index is 0.0106. The average molecular weight is 336 g/mol. The maximum atomic E-state index is 12.5. The first kappa shape index (κ1) is 19.7. The van der Waals surface area contributed by atoms with Gasteiger partial charge in [-0.15, -0.1) is 0 Å². The number of benzene rings is 1. The highest BCUT2D eigenvalue weighted by Gasteiger charge is 2.26. The topological polar surface area (TPSA) is 89.9 Å². The number of ketones is 1. The second-order valence-electron chi connectivity index (χ2n) is 6.34. The Hall–Kier alpha value is -2.37. The van der Waals surface area contributed by atoms with E-state index in [4.69, 9.17) is 14.6 Å². The van der Waals surface area contributed by atoms with Crippen LogP contribution in [0.5, 0.6) is 5.75 Å². The van der Waals surface area contributed by atoms with Crippen molar-refractivity contribution >= 4 is 17.7 Å². The lowest BCUT2D eigenvalue weighted by Gasteiger charge is -2.21. The zero-order chi connectivity index (χ0) is 18.3.